The number of rotatable bonds is 8. The molecule has 5 atom stereocenters. The topological polar surface area (TPSA) is 107 Å². The second-order valence-corrected chi connectivity index (χ2v) is 8.14. The molecule has 0 aromatic heterocycles. The van der Waals surface area contributed by atoms with Crippen LogP contribution in [0.4, 0.5) is 0 Å². The van der Waals surface area contributed by atoms with Crippen LogP contribution in [0.1, 0.15) is 18.4 Å². The zero-order chi connectivity index (χ0) is 21.5. The summed E-state index contributed by atoms with van der Waals surface area (Å²) in [4.78, 5) is 41.8. The number of aliphatic carboxylic acids is 1. The maximum absolute atomic E-state index is 13.7. The number of amides is 2. The van der Waals surface area contributed by atoms with Crippen LogP contribution in [0.3, 0.4) is 0 Å². The van der Waals surface area contributed by atoms with Gasteiger partial charge in [-0.1, -0.05) is 36.4 Å². The lowest BCUT2D eigenvalue weighted by atomic mass is 9.70. The Hall–Kier alpha value is -2.71. The van der Waals surface area contributed by atoms with E-state index >= 15 is 0 Å². The Bertz CT molecular complexity index is 858. The highest BCUT2D eigenvalue weighted by molar-refractivity contribution is 5.98. The van der Waals surface area contributed by atoms with Gasteiger partial charge in [0.05, 0.1) is 24.5 Å². The van der Waals surface area contributed by atoms with Crippen LogP contribution in [0.25, 0.3) is 0 Å². The fourth-order valence-electron chi connectivity index (χ4n) is 5.43. The number of carbonyl (C=O) groups is 3. The highest BCUT2D eigenvalue weighted by Crippen LogP contribution is 2.58. The van der Waals surface area contributed by atoms with E-state index in [4.69, 9.17) is 4.74 Å². The molecule has 4 rings (SSSR count). The van der Waals surface area contributed by atoms with E-state index in [1.54, 1.807) is 11.0 Å². The van der Waals surface area contributed by atoms with Gasteiger partial charge in [0.1, 0.15) is 11.6 Å². The predicted molar refractivity (Wildman–Crippen MR) is 106 cm³/mol. The summed E-state index contributed by atoms with van der Waals surface area (Å²) >= 11 is 0. The predicted octanol–water partition coefficient (Wildman–Crippen LogP) is 0.653. The third-order valence-electron chi connectivity index (χ3n) is 6.54. The Morgan fingerprint density at radius 3 is 2.70 bits per heavy atom. The second kappa shape index (κ2) is 7.85. The number of hydrogen-bond donors (Lipinski definition) is 2. The van der Waals surface area contributed by atoms with E-state index in [1.165, 1.54) is 4.90 Å². The number of nitrogens with zero attached hydrogens (tertiary/aromatic N) is 2. The zero-order valence-electron chi connectivity index (χ0n) is 16.6. The van der Waals surface area contributed by atoms with Crippen molar-refractivity contribution in [2.75, 3.05) is 19.7 Å². The fraction of sp³-hybridized carbons (Fsp3) is 0.500. The number of aliphatic hydroxyl groups is 1. The van der Waals surface area contributed by atoms with Gasteiger partial charge in [-0.05, 0) is 18.4 Å². The summed E-state index contributed by atoms with van der Waals surface area (Å²) in [7, 11) is 0. The van der Waals surface area contributed by atoms with Gasteiger partial charge in [-0.3, -0.25) is 14.4 Å². The molecule has 8 heteroatoms. The third kappa shape index (κ3) is 3.02. The number of ether oxygens (including phenoxy) is 1. The number of β-amino-alcohol motifs (C(OH)–C–C–N with tert-alkyl or cyclic N) is 1. The number of carboxylic acid groups (broad SMARTS) is 1. The van der Waals surface area contributed by atoms with Gasteiger partial charge >= 0.3 is 5.97 Å². The molecule has 3 aliphatic heterocycles. The van der Waals surface area contributed by atoms with E-state index in [1.807, 2.05) is 30.3 Å². The Kier molecular flexibility index (Phi) is 5.38. The first kappa shape index (κ1) is 20.6. The van der Waals surface area contributed by atoms with E-state index in [0.717, 1.165) is 5.56 Å². The lowest BCUT2D eigenvalue weighted by molar-refractivity contribution is -0.151. The van der Waals surface area contributed by atoms with Crippen molar-refractivity contribution < 1.29 is 29.3 Å². The number of fused-ring (bicyclic) bond motifs is 1. The lowest BCUT2D eigenvalue weighted by Gasteiger charge is -2.36. The van der Waals surface area contributed by atoms with Crippen molar-refractivity contribution in [3.05, 3.63) is 48.6 Å². The van der Waals surface area contributed by atoms with Crippen molar-refractivity contribution >= 4 is 17.8 Å². The van der Waals surface area contributed by atoms with E-state index in [9.17, 15) is 24.6 Å². The lowest BCUT2D eigenvalue weighted by Crippen LogP contribution is -2.56. The molecule has 1 spiro atoms. The molecule has 8 nitrogen and oxygen atoms in total. The molecule has 0 aliphatic carbocycles. The molecule has 3 saturated heterocycles. The van der Waals surface area contributed by atoms with Gasteiger partial charge in [0.2, 0.25) is 11.8 Å². The fourth-order valence-corrected chi connectivity index (χ4v) is 5.43. The van der Waals surface area contributed by atoms with Crippen LogP contribution in [0, 0.1) is 11.8 Å². The van der Waals surface area contributed by atoms with Gasteiger partial charge in [-0.25, -0.2) is 0 Å². The highest BCUT2D eigenvalue weighted by Gasteiger charge is 2.74. The number of carbonyl (C=O) groups excluding carboxylic acids is 2. The first-order chi connectivity index (χ1) is 14.4. The first-order valence-electron chi connectivity index (χ1n) is 10.2. The van der Waals surface area contributed by atoms with Crippen molar-refractivity contribution in [2.45, 2.75) is 37.1 Å². The minimum absolute atomic E-state index is 0.0406. The Balaban J connectivity index is 1.70. The van der Waals surface area contributed by atoms with Crippen LogP contribution in [-0.2, 0) is 25.7 Å². The van der Waals surface area contributed by atoms with E-state index in [2.05, 4.69) is 6.58 Å². The molecule has 30 heavy (non-hydrogen) atoms. The molecule has 3 heterocycles. The maximum atomic E-state index is 13.7. The number of aliphatic hydroxyl groups excluding tert-OH is 1. The Labute approximate surface area is 174 Å². The van der Waals surface area contributed by atoms with Crippen LogP contribution < -0.4 is 0 Å². The minimum atomic E-state index is -1.16. The molecule has 160 valence electrons. The summed E-state index contributed by atoms with van der Waals surface area (Å²) in [5.41, 5.74) is -0.229. The molecule has 1 aromatic rings. The average molecular weight is 414 g/mol. The smallest absolute Gasteiger partial charge is 0.310 e. The molecule has 2 amide bonds. The SMILES string of the molecule is C=CCN(Cc1ccccc1)C(=O)[C@@H]1N(CCO)C(=O)[C@H]2[C@H](C(=O)O)[C@@H]3CC[C@]12O3. The highest BCUT2D eigenvalue weighted by atomic mass is 16.5. The third-order valence-corrected chi connectivity index (χ3v) is 6.54. The zero-order valence-corrected chi connectivity index (χ0v) is 16.6. The summed E-state index contributed by atoms with van der Waals surface area (Å²) in [6.45, 7) is 3.99. The summed E-state index contributed by atoms with van der Waals surface area (Å²) in [5, 5.41) is 19.3. The van der Waals surface area contributed by atoms with E-state index in [0.29, 0.717) is 19.4 Å². The quantitative estimate of drug-likeness (QED) is 0.605. The maximum Gasteiger partial charge on any atom is 0.310 e. The standard InChI is InChI=1S/C22H26N2O6/c1-2-10-23(13-14-6-4-3-5-7-14)20(27)18-22-9-8-15(30-22)16(21(28)29)17(22)19(26)24(18)11-12-25/h2-7,15-18,25H,1,8-13H2,(H,28,29)/t15-,16+,17+,18-,22+/m0/s1. The van der Waals surface area contributed by atoms with Gasteiger partial charge < -0.3 is 24.7 Å². The summed E-state index contributed by atoms with van der Waals surface area (Å²) in [5.74, 6) is -3.68. The van der Waals surface area contributed by atoms with Crippen LogP contribution in [0.5, 0.6) is 0 Å². The summed E-state index contributed by atoms with van der Waals surface area (Å²) in [6, 6.07) is 8.53. The van der Waals surface area contributed by atoms with Crippen molar-refractivity contribution in [1.82, 2.24) is 9.80 Å². The van der Waals surface area contributed by atoms with Crippen LogP contribution >= 0.6 is 0 Å². The summed E-state index contributed by atoms with van der Waals surface area (Å²) < 4.78 is 6.12. The van der Waals surface area contributed by atoms with Crippen LogP contribution in [0.2, 0.25) is 0 Å². The number of benzene rings is 1. The molecule has 3 aliphatic rings. The van der Waals surface area contributed by atoms with Gasteiger partial charge in [-0.2, -0.15) is 0 Å². The number of hydrogen-bond acceptors (Lipinski definition) is 5. The Morgan fingerprint density at radius 1 is 1.33 bits per heavy atom. The first-order valence-corrected chi connectivity index (χ1v) is 10.2. The number of carboxylic acids is 1. The normalized spacial score (nSPS) is 31.6. The van der Waals surface area contributed by atoms with Gasteiger partial charge in [0.15, 0.2) is 0 Å². The minimum Gasteiger partial charge on any atom is -0.481 e. The molecule has 2 bridgehead atoms. The molecular formula is C22H26N2O6. The van der Waals surface area contributed by atoms with Crippen LogP contribution in [0.15, 0.2) is 43.0 Å². The summed E-state index contributed by atoms with van der Waals surface area (Å²) in [6.07, 6.45) is 2.00. The van der Waals surface area contributed by atoms with Gasteiger partial charge in [-0.15, -0.1) is 6.58 Å². The van der Waals surface area contributed by atoms with E-state index in [-0.39, 0.29) is 25.6 Å². The molecule has 3 fully saturated rings. The molecule has 0 radical (unpaired) electrons. The largest absolute Gasteiger partial charge is 0.481 e. The molecule has 0 saturated carbocycles. The Morgan fingerprint density at radius 2 is 2.07 bits per heavy atom. The molecule has 0 unspecified atom stereocenters. The molecular weight excluding hydrogens is 388 g/mol. The van der Waals surface area contributed by atoms with Crippen molar-refractivity contribution in [1.29, 1.82) is 0 Å². The second-order valence-electron chi connectivity index (χ2n) is 8.14. The molecule has 2 N–H and O–H groups in total. The van der Waals surface area contributed by atoms with E-state index < -0.39 is 41.5 Å². The van der Waals surface area contributed by atoms with Gasteiger partial charge in [0.25, 0.3) is 0 Å². The van der Waals surface area contributed by atoms with Crippen molar-refractivity contribution in [3.8, 4) is 0 Å². The average Bonchev–Trinajstić information content (AvgIpc) is 3.36. The van der Waals surface area contributed by atoms with Gasteiger partial charge in [0, 0.05) is 19.6 Å². The number of likely N-dealkylation sites (tertiary alicyclic amines) is 1. The van der Waals surface area contributed by atoms with Crippen molar-refractivity contribution in [2.24, 2.45) is 11.8 Å². The van der Waals surface area contributed by atoms with Crippen LogP contribution in [-0.4, -0.2) is 75.2 Å². The monoisotopic (exact) mass is 414 g/mol. The molecule has 1 aromatic carbocycles. The van der Waals surface area contributed by atoms with Crippen molar-refractivity contribution in [3.63, 3.8) is 0 Å².